The number of esters is 1. The molecule has 0 atom stereocenters. The van der Waals surface area contributed by atoms with E-state index in [-0.39, 0.29) is 0 Å². The SMILES string of the molecule is CCOC(=O)c1c(C)nc(NCC=C[B]OC(C)(C)C(C)(C)O)nc1C. The molecule has 0 spiro atoms. The smallest absolute Gasteiger partial charge is 0.341 e. The zero-order valence-electron chi connectivity index (χ0n) is 16.7. The van der Waals surface area contributed by atoms with Crippen molar-refractivity contribution >= 4 is 19.4 Å². The molecule has 0 saturated carbocycles. The van der Waals surface area contributed by atoms with Crippen molar-refractivity contribution in [3.05, 3.63) is 29.0 Å². The molecule has 0 aliphatic heterocycles. The minimum Gasteiger partial charge on any atom is -0.462 e. The Kier molecular flexibility index (Phi) is 7.77. The summed E-state index contributed by atoms with van der Waals surface area (Å²) in [5.41, 5.74) is -0.110. The minimum atomic E-state index is -0.959. The van der Waals surface area contributed by atoms with Gasteiger partial charge in [0.25, 0.3) is 0 Å². The Morgan fingerprint density at radius 3 is 2.31 bits per heavy atom. The molecule has 0 aliphatic rings. The molecule has 0 saturated heterocycles. The van der Waals surface area contributed by atoms with Crippen molar-refractivity contribution in [2.45, 2.75) is 59.7 Å². The van der Waals surface area contributed by atoms with E-state index in [1.807, 2.05) is 19.9 Å². The van der Waals surface area contributed by atoms with Gasteiger partial charge in [0.2, 0.25) is 5.95 Å². The summed E-state index contributed by atoms with van der Waals surface area (Å²) in [7, 11) is 1.54. The summed E-state index contributed by atoms with van der Waals surface area (Å²) in [6.45, 7) is 13.1. The highest BCUT2D eigenvalue weighted by molar-refractivity contribution is 6.34. The van der Waals surface area contributed by atoms with E-state index in [2.05, 4.69) is 15.3 Å². The van der Waals surface area contributed by atoms with Crippen LogP contribution in [0.25, 0.3) is 0 Å². The second-order valence-corrected chi connectivity index (χ2v) is 6.95. The van der Waals surface area contributed by atoms with E-state index in [1.165, 1.54) is 0 Å². The van der Waals surface area contributed by atoms with E-state index in [0.717, 1.165) is 0 Å². The molecular formula is C18H29BN3O4. The predicted molar refractivity (Wildman–Crippen MR) is 102 cm³/mol. The van der Waals surface area contributed by atoms with Crippen LogP contribution in [0.5, 0.6) is 0 Å². The van der Waals surface area contributed by atoms with E-state index >= 15 is 0 Å². The van der Waals surface area contributed by atoms with E-state index in [1.54, 1.807) is 48.1 Å². The van der Waals surface area contributed by atoms with Crippen molar-refractivity contribution in [2.75, 3.05) is 18.5 Å². The number of nitrogens with one attached hydrogen (secondary N) is 1. The van der Waals surface area contributed by atoms with Crippen molar-refractivity contribution in [3.63, 3.8) is 0 Å². The van der Waals surface area contributed by atoms with E-state index in [0.29, 0.717) is 36.1 Å². The van der Waals surface area contributed by atoms with Gasteiger partial charge in [-0.3, -0.25) is 0 Å². The molecule has 0 aromatic carbocycles. The first-order valence-electron chi connectivity index (χ1n) is 8.64. The van der Waals surface area contributed by atoms with Crippen LogP contribution in [0.2, 0.25) is 0 Å². The van der Waals surface area contributed by atoms with Gasteiger partial charge < -0.3 is 19.8 Å². The van der Waals surface area contributed by atoms with Crippen LogP contribution < -0.4 is 5.32 Å². The average molecular weight is 362 g/mol. The van der Waals surface area contributed by atoms with Crippen molar-refractivity contribution < 1.29 is 19.3 Å². The fourth-order valence-corrected chi connectivity index (χ4v) is 1.92. The van der Waals surface area contributed by atoms with Gasteiger partial charge in [0.1, 0.15) is 5.56 Å². The predicted octanol–water partition coefficient (Wildman–Crippen LogP) is 2.38. The summed E-state index contributed by atoms with van der Waals surface area (Å²) >= 11 is 0. The Morgan fingerprint density at radius 2 is 1.81 bits per heavy atom. The number of hydrogen-bond donors (Lipinski definition) is 2. The molecule has 0 aliphatic carbocycles. The molecule has 0 fully saturated rings. The van der Waals surface area contributed by atoms with E-state index < -0.39 is 17.2 Å². The first kappa shape index (κ1) is 22.1. The number of hydrogen-bond acceptors (Lipinski definition) is 7. The van der Waals surface area contributed by atoms with Crippen LogP contribution in [-0.2, 0) is 9.39 Å². The number of nitrogens with zero attached hydrogens (tertiary/aromatic N) is 2. The maximum atomic E-state index is 11.9. The van der Waals surface area contributed by atoms with Gasteiger partial charge in [-0.25, -0.2) is 14.8 Å². The van der Waals surface area contributed by atoms with Gasteiger partial charge in [-0.1, -0.05) is 12.1 Å². The molecule has 1 rings (SSSR count). The lowest BCUT2D eigenvalue weighted by Crippen LogP contribution is -2.47. The fraction of sp³-hybridized carbons (Fsp3) is 0.611. The quantitative estimate of drug-likeness (QED) is 0.515. The lowest BCUT2D eigenvalue weighted by Gasteiger charge is -2.37. The van der Waals surface area contributed by atoms with Gasteiger partial charge in [-0.15, -0.1) is 0 Å². The van der Waals surface area contributed by atoms with Crippen molar-refractivity contribution in [2.24, 2.45) is 0 Å². The standard InChI is InChI=1S/C18H29BN3O4/c1-8-25-15(23)14-12(2)21-16(22-13(14)3)20-11-9-10-19-26-18(6,7)17(4,5)24/h9-10,24H,8,11H2,1-7H3,(H,20,21,22). The first-order chi connectivity index (χ1) is 12.0. The van der Waals surface area contributed by atoms with Gasteiger partial charge >= 0.3 is 13.5 Å². The average Bonchev–Trinajstić information content (AvgIpc) is 2.49. The van der Waals surface area contributed by atoms with Gasteiger partial charge in [0, 0.05) is 6.54 Å². The van der Waals surface area contributed by atoms with Gasteiger partial charge in [-0.2, -0.15) is 0 Å². The second kappa shape index (κ2) is 9.14. The third-order valence-electron chi connectivity index (χ3n) is 4.18. The molecule has 7 nitrogen and oxygen atoms in total. The molecule has 1 heterocycles. The monoisotopic (exact) mass is 362 g/mol. The van der Waals surface area contributed by atoms with Crippen LogP contribution in [0, 0.1) is 13.8 Å². The third kappa shape index (κ3) is 6.11. The van der Waals surface area contributed by atoms with Crippen LogP contribution in [-0.4, -0.2) is 52.9 Å². The summed E-state index contributed by atoms with van der Waals surface area (Å²) in [6, 6.07) is 0. The summed E-state index contributed by atoms with van der Waals surface area (Å²) in [4.78, 5) is 20.5. The molecule has 8 heteroatoms. The van der Waals surface area contributed by atoms with Gasteiger partial charge in [-0.05, 0) is 48.5 Å². The maximum Gasteiger partial charge on any atom is 0.341 e. The number of aliphatic hydroxyl groups is 1. The van der Waals surface area contributed by atoms with E-state index in [9.17, 15) is 9.90 Å². The number of rotatable bonds is 9. The van der Waals surface area contributed by atoms with Crippen LogP contribution in [0.4, 0.5) is 5.95 Å². The minimum absolute atomic E-state index is 0.311. The number of anilines is 1. The fourth-order valence-electron chi connectivity index (χ4n) is 1.92. The maximum absolute atomic E-state index is 11.9. The molecule has 2 N–H and O–H groups in total. The molecule has 0 bridgehead atoms. The van der Waals surface area contributed by atoms with Crippen molar-refractivity contribution in [3.8, 4) is 0 Å². The topological polar surface area (TPSA) is 93.6 Å². The Morgan fingerprint density at radius 1 is 1.23 bits per heavy atom. The molecule has 1 radical (unpaired) electrons. The van der Waals surface area contributed by atoms with E-state index in [4.69, 9.17) is 9.39 Å². The third-order valence-corrected chi connectivity index (χ3v) is 4.18. The Hall–Kier alpha value is -1.93. The number of aryl methyl sites for hydroxylation is 2. The Bertz CT molecular complexity index is 631. The Balaban J connectivity index is 2.57. The van der Waals surface area contributed by atoms with Crippen molar-refractivity contribution in [1.29, 1.82) is 0 Å². The lowest BCUT2D eigenvalue weighted by atomic mass is 9.86. The highest BCUT2D eigenvalue weighted by atomic mass is 16.5. The summed E-state index contributed by atoms with van der Waals surface area (Å²) in [5, 5.41) is 13.1. The first-order valence-corrected chi connectivity index (χ1v) is 8.64. The second-order valence-electron chi connectivity index (χ2n) is 6.95. The molecule has 0 unspecified atom stereocenters. The number of ether oxygens (including phenoxy) is 1. The van der Waals surface area contributed by atoms with Crippen LogP contribution in [0.15, 0.2) is 12.1 Å². The zero-order valence-corrected chi connectivity index (χ0v) is 16.7. The number of carbonyl (C=O) groups excluding carboxylic acids is 1. The number of aromatic nitrogens is 2. The molecule has 1 aromatic rings. The highest BCUT2D eigenvalue weighted by Crippen LogP contribution is 2.24. The summed E-state index contributed by atoms with van der Waals surface area (Å²) in [5.74, 6) is 1.78. The highest BCUT2D eigenvalue weighted by Gasteiger charge is 2.35. The van der Waals surface area contributed by atoms with Crippen LogP contribution in [0.1, 0.15) is 56.4 Å². The normalized spacial score (nSPS) is 12.3. The number of carbonyl (C=O) groups is 1. The molecule has 26 heavy (non-hydrogen) atoms. The molecule has 0 amide bonds. The van der Waals surface area contributed by atoms with Crippen LogP contribution in [0.3, 0.4) is 0 Å². The molecule has 1 aromatic heterocycles. The van der Waals surface area contributed by atoms with Crippen LogP contribution >= 0.6 is 0 Å². The largest absolute Gasteiger partial charge is 0.462 e. The molecular weight excluding hydrogens is 333 g/mol. The molecule has 143 valence electrons. The van der Waals surface area contributed by atoms with Gasteiger partial charge in [0.05, 0.1) is 29.2 Å². The Labute approximate surface area is 156 Å². The summed E-state index contributed by atoms with van der Waals surface area (Å²) < 4.78 is 10.6. The lowest BCUT2D eigenvalue weighted by molar-refractivity contribution is -0.0894. The zero-order chi connectivity index (χ0) is 20.0. The van der Waals surface area contributed by atoms with Gasteiger partial charge in [0.15, 0.2) is 0 Å². The van der Waals surface area contributed by atoms with Crippen molar-refractivity contribution in [1.82, 2.24) is 9.97 Å². The summed E-state index contributed by atoms with van der Waals surface area (Å²) in [6.07, 6.45) is 1.84.